The number of likely N-dealkylation sites (N-methyl/N-ethyl adjacent to an activating group) is 1. The summed E-state index contributed by atoms with van der Waals surface area (Å²) >= 11 is 24.8. The summed E-state index contributed by atoms with van der Waals surface area (Å²) in [4.78, 5) is 27.3. The van der Waals surface area contributed by atoms with Gasteiger partial charge in [-0.3, -0.25) is 13.9 Å². The second-order valence-corrected chi connectivity index (χ2v) is 10.7. The van der Waals surface area contributed by atoms with Gasteiger partial charge in [-0.05, 0) is 36.8 Å². The van der Waals surface area contributed by atoms with Gasteiger partial charge in [0.05, 0.1) is 17.0 Å². The smallest absolute Gasteiger partial charge is 0.244 e. The zero-order chi connectivity index (χ0) is 24.9. The van der Waals surface area contributed by atoms with Gasteiger partial charge in [-0.25, -0.2) is 8.42 Å². The molecule has 12 heteroatoms. The molecule has 1 atom stereocenters. The average molecular weight is 555 g/mol. The lowest BCUT2D eigenvalue weighted by atomic mass is 10.1. The standard InChI is InChI=1S/C21H23Cl4N3O4S/c1-4-18(21(30)26-2)27(11-14-15(23)6-5-7-16(14)24)20(29)12-28(33(3,31)32)19-10-13(22)8-9-17(19)25/h5-10,18H,4,11-12H2,1-3H3,(H,26,30). The number of carbonyl (C=O) groups is 2. The van der Waals surface area contributed by atoms with Crippen LogP contribution in [0, 0.1) is 0 Å². The molecule has 2 rings (SSSR count). The van der Waals surface area contributed by atoms with Crippen molar-refractivity contribution in [1.82, 2.24) is 10.2 Å². The van der Waals surface area contributed by atoms with Crippen LogP contribution in [0.4, 0.5) is 5.69 Å². The number of hydrogen-bond donors (Lipinski definition) is 1. The number of rotatable bonds is 9. The topological polar surface area (TPSA) is 86.8 Å². The van der Waals surface area contributed by atoms with E-state index in [0.29, 0.717) is 15.6 Å². The van der Waals surface area contributed by atoms with Crippen molar-refractivity contribution in [2.75, 3.05) is 24.2 Å². The molecule has 1 unspecified atom stereocenters. The zero-order valence-corrected chi connectivity index (χ0v) is 22.0. The lowest BCUT2D eigenvalue weighted by molar-refractivity contribution is -0.140. The first-order chi connectivity index (χ1) is 15.4. The zero-order valence-electron chi connectivity index (χ0n) is 18.1. The molecule has 2 aromatic rings. The molecule has 7 nitrogen and oxygen atoms in total. The largest absolute Gasteiger partial charge is 0.357 e. The fourth-order valence-corrected chi connectivity index (χ4v) is 5.02. The van der Waals surface area contributed by atoms with Crippen molar-refractivity contribution < 1.29 is 18.0 Å². The first-order valence-electron chi connectivity index (χ1n) is 9.77. The predicted octanol–water partition coefficient (Wildman–Crippen LogP) is 4.62. The third kappa shape index (κ3) is 6.90. The lowest BCUT2D eigenvalue weighted by Crippen LogP contribution is -2.51. The Hall–Kier alpha value is -1.71. The van der Waals surface area contributed by atoms with Crippen LogP contribution in [-0.2, 0) is 26.2 Å². The van der Waals surface area contributed by atoms with E-state index in [0.717, 1.165) is 10.6 Å². The van der Waals surface area contributed by atoms with Gasteiger partial charge in [0.1, 0.15) is 12.6 Å². The minimum Gasteiger partial charge on any atom is -0.357 e. The summed E-state index contributed by atoms with van der Waals surface area (Å²) in [5.74, 6) is -1.07. The van der Waals surface area contributed by atoms with Gasteiger partial charge in [0.2, 0.25) is 21.8 Å². The second-order valence-electron chi connectivity index (χ2n) is 7.13. The molecule has 0 bridgehead atoms. The van der Waals surface area contributed by atoms with Crippen LogP contribution in [0.15, 0.2) is 36.4 Å². The summed E-state index contributed by atoms with van der Waals surface area (Å²) < 4.78 is 26.0. The third-order valence-corrected chi connectivity index (χ3v) is 7.27. The van der Waals surface area contributed by atoms with E-state index in [4.69, 9.17) is 46.4 Å². The summed E-state index contributed by atoms with van der Waals surface area (Å²) in [6.07, 6.45) is 1.22. The van der Waals surface area contributed by atoms with Crippen molar-refractivity contribution in [1.29, 1.82) is 0 Å². The first-order valence-corrected chi connectivity index (χ1v) is 13.1. The van der Waals surface area contributed by atoms with Crippen LogP contribution in [-0.4, -0.2) is 51.0 Å². The molecule has 2 amide bonds. The number of hydrogen-bond acceptors (Lipinski definition) is 4. The maximum atomic E-state index is 13.5. The quantitative estimate of drug-likeness (QED) is 0.490. The molecule has 0 spiro atoms. The van der Waals surface area contributed by atoms with Crippen LogP contribution in [0.1, 0.15) is 18.9 Å². The summed E-state index contributed by atoms with van der Waals surface area (Å²) in [5.41, 5.74) is 0.479. The Morgan fingerprint density at radius 2 is 1.64 bits per heavy atom. The van der Waals surface area contributed by atoms with Crippen LogP contribution < -0.4 is 9.62 Å². The SMILES string of the molecule is CCC(C(=O)NC)N(Cc1c(Cl)cccc1Cl)C(=O)CN(c1cc(Cl)ccc1Cl)S(C)(=O)=O. The Bertz CT molecular complexity index is 1120. The molecule has 0 saturated carbocycles. The molecule has 0 fully saturated rings. The van der Waals surface area contributed by atoms with E-state index in [-0.39, 0.29) is 28.7 Å². The fraction of sp³-hybridized carbons (Fsp3) is 0.333. The third-order valence-electron chi connectivity index (χ3n) is 4.88. The highest BCUT2D eigenvalue weighted by atomic mass is 35.5. The predicted molar refractivity (Wildman–Crippen MR) is 134 cm³/mol. The highest BCUT2D eigenvalue weighted by molar-refractivity contribution is 7.92. The van der Waals surface area contributed by atoms with Crippen molar-refractivity contribution in [3.05, 3.63) is 62.1 Å². The van der Waals surface area contributed by atoms with Gasteiger partial charge in [0, 0.05) is 34.2 Å². The number of halogens is 4. The molecule has 0 aliphatic carbocycles. The summed E-state index contributed by atoms with van der Waals surface area (Å²) in [7, 11) is -2.49. The van der Waals surface area contributed by atoms with Gasteiger partial charge in [-0.2, -0.15) is 0 Å². The minimum absolute atomic E-state index is 0.0451. The van der Waals surface area contributed by atoms with Crippen LogP contribution in [0.25, 0.3) is 0 Å². The Labute approximate surface area is 213 Å². The Morgan fingerprint density at radius 1 is 1.03 bits per heavy atom. The minimum atomic E-state index is -3.94. The van der Waals surface area contributed by atoms with E-state index >= 15 is 0 Å². The molecule has 0 aromatic heterocycles. The van der Waals surface area contributed by atoms with Gasteiger partial charge in [-0.1, -0.05) is 59.4 Å². The monoisotopic (exact) mass is 553 g/mol. The molecular weight excluding hydrogens is 532 g/mol. The van der Waals surface area contributed by atoms with Gasteiger partial charge >= 0.3 is 0 Å². The van der Waals surface area contributed by atoms with E-state index in [2.05, 4.69) is 5.32 Å². The molecule has 2 aromatic carbocycles. The number of anilines is 1. The molecule has 0 saturated heterocycles. The van der Waals surface area contributed by atoms with E-state index in [1.165, 1.54) is 30.1 Å². The van der Waals surface area contributed by atoms with Gasteiger partial charge in [-0.15, -0.1) is 0 Å². The van der Waals surface area contributed by atoms with Crippen molar-refractivity contribution in [2.45, 2.75) is 25.9 Å². The normalized spacial score (nSPS) is 12.2. The average Bonchev–Trinajstić information content (AvgIpc) is 2.74. The van der Waals surface area contributed by atoms with Crippen LogP contribution in [0.5, 0.6) is 0 Å². The Kier molecular flexibility index (Phi) is 9.70. The van der Waals surface area contributed by atoms with E-state index in [1.807, 2.05) is 0 Å². The summed E-state index contributed by atoms with van der Waals surface area (Å²) in [6.45, 7) is 1.01. The van der Waals surface area contributed by atoms with Crippen molar-refractivity contribution in [3.63, 3.8) is 0 Å². The molecule has 33 heavy (non-hydrogen) atoms. The number of nitrogens with zero attached hydrogens (tertiary/aromatic N) is 2. The number of carbonyl (C=O) groups excluding carboxylic acids is 2. The van der Waals surface area contributed by atoms with Crippen LogP contribution >= 0.6 is 46.4 Å². The lowest BCUT2D eigenvalue weighted by Gasteiger charge is -2.33. The molecular formula is C21H23Cl4N3O4S. The highest BCUT2D eigenvalue weighted by Crippen LogP contribution is 2.31. The van der Waals surface area contributed by atoms with E-state index in [1.54, 1.807) is 25.1 Å². The molecule has 1 N–H and O–H groups in total. The molecule has 0 heterocycles. The second kappa shape index (κ2) is 11.6. The number of amides is 2. The van der Waals surface area contributed by atoms with Crippen molar-refractivity contribution >= 4 is 73.9 Å². The molecule has 180 valence electrons. The first kappa shape index (κ1) is 27.5. The Morgan fingerprint density at radius 3 is 2.15 bits per heavy atom. The molecule has 0 aliphatic rings. The van der Waals surface area contributed by atoms with Gasteiger partial charge in [0.15, 0.2) is 0 Å². The van der Waals surface area contributed by atoms with Crippen molar-refractivity contribution in [2.24, 2.45) is 0 Å². The summed E-state index contributed by atoms with van der Waals surface area (Å²) in [5, 5.41) is 3.49. The molecule has 0 radical (unpaired) electrons. The van der Waals surface area contributed by atoms with E-state index < -0.39 is 34.4 Å². The van der Waals surface area contributed by atoms with Crippen LogP contribution in [0.3, 0.4) is 0 Å². The van der Waals surface area contributed by atoms with Gasteiger partial charge < -0.3 is 10.2 Å². The highest BCUT2D eigenvalue weighted by Gasteiger charge is 2.32. The Balaban J connectivity index is 2.53. The maximum absolute atomic E-state index is 13.5. The maximum Gasteiger partial charge on any atom is 0.244 e. The molecule has 0 aliphatic heterocycles. The van der Waals surface area contributed by atoms with Crippen molar-refractivity contribution in [3.8, 4) is 0 Å². The van der Waals surface area contributed by atoms with E-state index in [9.17, 15) is 18.0 Å². The number of sulfonamides is 1. The fourth-order valence-electron chi connectivity index (χ4n) is 3.21. The number of benzene rings is 2. The summed E-state index contributed by atoms with van der Waals surface area (Å²) in [6, 6.07) is 8.27. The number of nitrogens with one attached hydrogen (secondary N) is 1. The van der Waals surface area contributed by atoms with Gasteiger partial charge in [0.25, 0.3) is 0 Å². The van der Waals surface area contributed by atoms with Crippen LogP contribution in [0.2, 0.25) is 20.1 Å².